The maximum Gasteiger partial charge on any atom is 0.339 e. The number of amides is 1. The van der Waals surface area contributed by atoms with E-state index >= 15 is 0 Å². The molecule has 5 nitrogen and oxygen atoms in total. The number of aromatic nitrogens is 1. The molecule has 0 bridgehead atoms. The van der Waals surface area contributed by atoms with Gasteiger partial charge >= 0.3 is 5.97 Å². The molecule has 3 aromatic rings. The third kappa shape index (κ3) is 4.51. The average Bonchev–Trinajstić information content (AvgIpc) is 3.01. The van der Waals surface area contributed by atoms with E-state index in [0.717, 1.165) is 15.7 Å². The van der Waals surface area contributed by atoms with Crippen LogP contribution in [0.15, 0.2) is 65.1 Å². The first-order valence-corrected chi connectivity index (χ1v) is 9.77. The fourth-order valence-electron chi connectivity index (χ4n) is 2.99. The van der Waals surface area contributed by atoms with E-state index in [-0.39, 0.29) is 18.4 Å². The van der Waals surface area contributed by atoms with Crippen LogP contribution >= 0.6 is 15.9 Å². The minimum Gasteiger partial charge on any atom is -0.462 e. The van der Waals surface area contributed by atoms with Gasteiger partial charge in [-0.2, -0.15) is 0 Å². The first-order chi connectivity index (χ1) is 13.5. The second-order valence-electron chi connectivity index (χ2n) is 6.26. The van der Waals surface area contributed by atoms with Gasteiger partial charge in [0.1, 0.15) is 6.54 Å². The molecule has 1 N–H and O–H groups in total. The number of halogens is 1. The van der Waals surface area contributed by atoms with E-state index in [4.69, 9.17) is 4.74 Å². The highest BCUT2D eigenvalue weighted by molar-refractivity contribution is 9.10. The van der Waals surface area contributed by atoms with Crippen LogP contribution in [-0.4, -0.2) is 23.1 Å². The molecule has 144 valence electrons. The molecule has 0 saturated heterocycles. The summed E-state index contributed by atoms with van der Waals surface area (Å²) in [5, 5.41) is 2.89. The Morgan fingerprint density at radius 2 is 1.75 bits per heavy atom. The first-order valence-electron chi connectivity index (χ1n) is 8.97. The van der Waals surface area contributed by atoms with Gasteiger partial charge in [0.2, 0.25) is 5.91 Å². The van der Waals surface area contributed by atoms with Gasteiger partial charge in [-0.3, -0.25) is 4.79 Å². The summed E-state index contributed by atoms with van der Waals surface area (Å²) in [6, 6.07) is 18.8. The van der Waals surface area contributed by atoms with Crippen molar-refractivity contribution in [3.8, 4) is 11.3 Å². The molecule has 0 saturated carbocycles. The minimum absolute atomic E-state index is 0.0888. The molecule has 0 unspecified atom stereocenters. The quantitative estimate of drug-likeness (QED) is 0.546. The van der Waals surface area contributed by atoms with E-state index in [1.54, 1.807) is 13.0 Å². The Kier molecular flexibility index (Phi) is 6.31. The van der Waals surface area contributed by atoms with Crippen molar-refractivity contribution in [2.75, 3.05) is 11.9 Å². The van der Waals surface area contributed by atoms with Crippen molar-refractivity contribution < 1.29 is 14.3 Å². The summed E-state index contributed by atoms with van der Waals surface area (Å²) >= 11 is 3.38. The molecule has 0 atom stereocenters. The van der Waals surface area contributed by atoms with Crippen molar-refractivity contribution in [1.29, 1.82) is 0 Å². The Morgan fingerprint density at radius 3 is 2.39 bits per heavy atom. The second-order valence-corrected chi connectivity index (χ2v) is 7.17. The van der Waals surface area contributed by atoms with Crippen molar-refractivity contribution in [3.05, 3.63) is 76.4 Å². The first kappa shape index (κ1) is 19.9. The topological polar surface area (TPSA) is 60.3 Å². The van der Waals surface area contributed by atoms with Crippen molar-refractivity contribution in [2.24, 2.45) is 0 Å². The van der Waals surface area contributed by atoms with Gasteiger partial charge in [-0.25, -0.2) is 4.79 Å². The molecule has 0 spiro atoms. The normalized spacial score (nSPS) is 10.5. The Bertz CT molecular complexity index is 979. The molecule has 28 heavy (non-hydrogen) atoms. The van der Waals surface area contributed by atoms with E-state index in [1.807, 2.05) is 66.1 Å². The lowest BCUT2D eigenvalue weighted by atomic mass is 10.1. The van der Waals surface area contributed by atoms with Gasteiger partial charge in [-0.15, -0.1) is 0 Å². The molecule has 1 heterocycles. The summed E-state index contributed by atoms with van der Waals surface area (Å²) < 4.78 is 7.95. The summed E-state index contributed by atoms with van der Waals surface area (Å²) in [5.41, 5.74) is 3.61. The Balaban J connectivity index is 1.92. The molecular formula is C22H21BrN2O3. The second kappa shape index (κ2) is 8.89. The standard InChI is InChI=1S/C22H21BrN2O3/c1-3-28-22(27)19-13-20(16-7-5-4-6-8-16)25(15(19)2)14-21(26)24-18-11-9-17(23)10-12-18/h4-13H,3,14H2,1-2H3,(H,24,26). The van der Waals surface area contributed by atoms with Crippen molar-refractivity contribution in [2.45, 2.75) is 20.4 Å². The molecule has 1 aromatic heterocycles. The molecule has 0 fully saturated rings. The largest absolute Gasteiger partial charge is 0.462 e. The highest BCUT2D eigenvalue weighted by Gasteiger charge is 2.20. The zero-order chi connectivity index (χ0) is 20.1. The summed E-state index contributed by atoms with van der Waals surface area (Å²) in [6.07, 6.45) is 0. The summed E-state index contributed by atoms with van der Waals surface area (Å²) in [6.45, 7) is 3.99. The van der Waals surface area contributed by atoms with E-state index in [0.29, 0.717) is 23.6 Å². The Hall–Kier alpha value is -2.86. The predicted octanol–water partition coefficient (Wildman–Crippen LogP) is 5.04. The number of rotatable bonds is 6. The molecule has 2 aromatic carbocycles. The van der Waals surface area contributed by atoms with E-state index in [1.165, 1.54) is 0 Å². The average molecular weight is 441 g/mol. The molecule has 6 heteroatoms. The number of ether oxygens (including phenoxy) is 1. The van der Waals surface area contributed by atoms with Gasteiger partial charge in [0.15, 0.2) is 0 Å². The number of anilines is 1. The van der Waals surface area contributed by atoms with Crippen LogP contribution in [0, 0.1) is 6.92 Å². The maximum absolute atomic E-state index is 12.6. The van der Waals surface area contributed by atoms with Gasteiger partial charge in [0, 0.05) is 21.5 Å². The van der Waals surface area contributed by atoms with E-state index < -0.39 is 0 Å². The number of esters is 1. The number of carbonyl (C=O) groups is 2. The molecule has 1 amide bonds. The monoisotopic (exact) mass is 440 g/mol. The van der Waals surface area contributed by atoms with Gasteiger partial charge in [0.05, 0.1) is 12.2 Å². The van der Waals surface area contributed by atoms with Gasteiger partial charge in [-0.05, 0) is 49.7 Å². The summed E-state index contributed by atoms with van der Waals surface area (Å²) in [4.78, 5) is 25.0. The lowest BCUT2D eigenvalue weighted by molar-refractivity contribution is -0.116. The molecule has 0 aliphatic heterocycles. The number of nitrogens with zero attached hydrogens (tertiary/aromatic N) is 1. The summed E-state index contributed by atoms with van der Waals surface area (Å²) in [5.74, 6) is -0.558. The van der Waals surface area contributed by atoms with Gasteiger partial charge in [0.25, 0.3) is 0 Å². The van der Waals surface area contributed by atoms with Crippen LogP contribution in [0.25, 0.3) is 11.3 Å². The Labute approximate surface area is 172 Å². The fourth-order valence-corrected chi connectivity index (χ4v) is 3.25. The van der Waals surface area contributed by atoms with Crippen LogP contribution in [0.1, 0.15) is 23.0 Å². The van der Waals surface area contributed by atoms with E-state index in [2.05, 4.69) is 21.2 Å². The zero-order valence-corrected chi connectivity index (χ0v) is 17.3. The van der Waals surface area contributed by atoms with Crippen molar-refractivity contribution >= 4 is 33.5 Å². The minimum atomic E-state index is -0.385. The number of carbonyl (C=O) groups excluding carboxylic acids is 2. The van der Waals surface area contributed by atoms with Crippen LogP contribution in [-0.2, 0) is 16.1 Å². The number of nitrogens with one attached hydrogen (secondary N) is 1. The van der Waals surface area contributed by atoms with Gasteiger partial charge in [-0.1, -0.05) is 46.3 Å². The highest BCUT2D eigenvalue weighted by Crippen LogP contribution is 2.27. The maximum atomic E-state index is 12.6. The van der Waals surface area contributed by atoms with Gasteiger partial charge < -0.3 is 14.6 Å². The third-order valence-corrected chi connectivity index (χ3v) is 4.89. The molecule has 0 aliphatic carbocycles. The smallest absolute Gasteiger partial charge is 0.339 e. The fraction of sp³-hybridized carbons (Fsp3) is 0.182. The Morgan fingerprint density at radius 1 is 1.07 bits per heavy atom. The number of hydrogen-bond donors (Lipinski definition) is 1. The number of hydrogen-bond acceptors (Lipinski definition) is 3. The number of benzene rings is 2. The SMILES string of the molecule is CCOC(=O)c1cc(-c2ccccc2)n(CC(=O)Nc2ccc(Br)cc2)c1C. The van der Waals surface area contributed by atoms with Crippen molar-refractivity contribution in [3.63, 3.8) is 0 Å². The van der Waals surface area contributed by atoms with Crippen LogP contribution < -0.4 is 5.32 Å². The lowest BCUT2D eigenvalue weighted by Crippen LogP contribution is -2.20. The van der Waals surface area contributed by atoms with Crippen LogP contribution in [0.4, 0.5) is 5.69 Å². The lowest BCUT2D eigenvalue weighted by Gasteiger charge is -2.12. The van der Waals surface area contributed by atoms with Crippen LogP contribution in [0.2, 0.25) is 0 Å². The molecule has 0 aliphatic rings. The third-order valence-electron chi connectivity index (χ3n) is 4.36. The predicted molar refractivity (Wildman–Crippen MR) is 113 cm³/mol. The highest BCUT2D eigenvalue weighted by atomic mass is 79.9. The summed E-state index contributed by atoms with van der Waals surface area (Å²) in [7, 11) is 0. The van der Waals surface area contributed by atoms with Crippen LogP contribution in [0.3, 0.4) is 0 Å². The zero-order valence-electron chi connectivity index (χ0n) is 15.7. The molecular weight excluding hydrogens is 420 g/mol. The molecule has 0 radical (unpaired) electrons. The van der Waals surface area contributed by atoms with Crippen LogP contribution in [0.5, 0.6) is 0 Å². The van der Waals surface area contributed by atoms with Crippen molar-refractivity contribution in [1.82, 2.24) is 4.57 Å². The molecule has 3 rings (SSSR count). The van der Waals surface area contributed by atoms with E-state index in [9.17, 15) is 9.59 Å².